The van der Waals surface area contributed by atoms with Crippen molar-refractivity contribution in [2.75, 3.05) is 19.6 Å². The standard InChI is InChI=1S/C14H21F2N3/c1-3-8-18-14(17-4-2)19-9-7-11-10-12(15)5-6-13(11)16/h5-6,10H,3-4,7-9H2,1-2H3,(H2,17,18,19). The largest absolute Gasteiger partial charge is 0.357 e. The smallest absolute Gasteiger partial charge is 0.191 e. The Kier molecular flexibility index (Phi) is 6.85. The van der Waals surface area contributed by atoms with Gasteiger partial charge < -0.3 is 10.6 Å². The fourth-order valence-corrected chi connectivity index (χ4v) is 1.62. The van der Waals surface area contributed by atoms with Gasteiger partial charge in [0.05, 0.1) is 0 Å². The average molecular weight is 269 g/mol. The van der Waals surface area contributed by atoms with E-state index in [2.05, 4.69) is 22.5 Å². The molecule has 3 nitrogen and oxygen atoms in total. The SMILES string of the molecule is CCCN=C(NCC)NCCc1cc(F)ccc1F. The summed E-state index contributed by atoms with van der Waals surface area (Å²) >= 11 is 0. The Hall–Kier alpha value is -1.65. The maximum absolute atomic E-state index is 13.4. The van der Waals surface area contributed by atoms with Crippen LogP contribution in [-0.4, -0.2) is 25.6 Å². The Morgan fingerprint density at radius 3 is 2.68 bits per heavy atom. The normalized spacial score (nSPS) is 11.5. The lowest BCUT2D eigenvalue weighted by atomic mass is 10.1. The minimum atomic E-state index is -0.414. The fourth-order valence-electron chi connectivity index (χ4n) is 1.62. The number of nitrogens with zero attached hydrogens (tertiary/aromatic N) is 1. The van der Waals surface area contributed by atoms with Crippen LogP contribution in [-0.2, 0) is 6.42 Å². The molecule has 0 spiro atoms. The number of aliphatic imine (C=N–C) groups is 1. The minimum absolute atomic E-state index is 0.374. The van der Waals surface area contributed by atoms with Crippen molar-refractivity contribution in [3.8, 4) is 0 Å². The zero-order valence-corrected chi connectivity index (χ0v) is 11.5. The first-order valence-electron chi connectivity index (χ1n) is 6.63. The van der Waals surface area contributed by atoms with Crippen LogP contribution in [0.5, 0.6) is 0 Å². The molecule has 19 heavy (non-hydrogen) atoms. The molecule has 0 saturated carbocycles. The molecule has 0 aliphatic heterocycles. The molecule has 0 unspecified atom stereocenters. The second-order valence-corrected chi connectivity index (χ2v) is 4.17. The van der Waals surface area contributed by atoms with Gasteiger partial charge in [0.1, 0.15) is 11.6 Å². The minimum Gasteiger partial charge on any atom is -0.357 e. The molecular formula is C14H21F2N3. The summed E-state index contributed by atoms with van der Waals surface area (Å²) in [6.45, 7) is 6.05. The van der Waals surface area contributed by atoms with Crippen molar-refractivity contribution < 1.29 is 8.78 Å². The van der Waals surface area contributed by atoms with Crippen LogP contribution >= 0.6 is 0 Å². The lowest BCUT2D eigenvalue weighted by molar-refractivity contribution is 0.583. The summed E-state index contributed by atoms with van der Waals surface area (Å²) in [6, 6.07) is 3.51. The van der Waals surface area contributed by atoms with E-state index in [0.29, 0.717) is 24.5 Å². The zero-order valence-electron chi connectivity index (χ0n) is 11.5. The monoisotopic (exact) mass is 269 g/mol. The number of halogens is 2. The van der Waals surface area contributed by atoms with Crippen molar-refractivity contribution in [2.24, 2.45) is 4.99 Å². The molecule has 0 aromatic heterocycles. The summed E-state index contributed by atoms with van der Waals surface area (Å²) in [5.74, 6) is -0.0807. The second kappa shape index (κ2) is 8.45. The van der Waals surface area contributed by atoms with Crippen LogP contribution in [0, 0.1) is 11.6 Å². The molecule has 0 aliphatic carbocycles. The molecular weight excluding hydrogens is 248 g/mol. The van der Waals surface area contributed by atoms with E-state index in [1.54, 1.807) is 0 Å². The molecule has 1 aromatic rings. The van der Waals surface area contributed by atoms with Crippen LogP contribution in [0.15, 0.2) is 23.2 Å². The summed E-state index contributed by atoms with van der Waals surface area (Å²) < 4.78 is 26.4. The molecule has 2 N–H and O–H groups in total. The van der Waals surface area contributed by atoms with E-state index in [9.17, 15) is 8.78 Å². The number of guanidine groups is 1. The first-order chi connectivity index (χ1) is 9.17. The van der Waals surface area contributed by atoms with Crippen LogP contribution in [0.2, 0.25) is 0 Å². The maximum Gasteiger partial charge on any atom is 0.191 e. The third-order valence-corrected chi connectivity index (χ3v) is 2.53. The highest BCUT2D eigenvalue weighted by molar-refractivity contribution is 5.79. The predicted octanol–water partition coefficient (Wildman–Crippen LogP) is 2.47. The Labute approximate surface area is 113 Å². The molecule has 0 radical (unpaired) electrons. The van der Waals surface area contributed by atoms with Crippen LogP contribution in [0.4, 0.5) is 8.78 Å². The van der Waals surface area contributed by atoms with Crippen molar-refractivity contribution in [3.05, 3.63) is 35.4 Å². The molecule has 0 bridgehead atoms. The summed E-state index contributed by atoms with van der Waals surface area (Å²) in [5.41, 5.74) is 0.374. The van der Waals surface area contributed by atoms with Crippen LogP contribution in [0.1, 0.15) is 25.8 Å². The number of benzene rings is 1. The van der Waals surface area contributed by atoms with Crippen molar-refractivity contribution in [1.82, 2.24) is 10.6 Å². The molecule has 106 valence electrons. The van der Waals surface area contributed by atoms with E-state index in [-0.39, 0.29) is 5.82 Å². The molecule has 5 heteroatoms. The van der Waals surface area contributed by atoms with E-state index in [1.165, 1.54) is 6.07 Å². The summed E-state index contributed by atoms with van der Waals surface area (Å²) in [7, 11) is 0. The summed E-state index contributed by atoms with van der Waals surface area (Å²) in [6.07, 6.45) is 1.38. The van der Waals surface area contributed by atoms with E-state index >= 15 is 0 Å². The first kappa shape index (κ1) is 15.4. The van der Waals surface area contributed by atoms with Crippen molar-refractivity contribution in [3.63, 3.8) is 0 Å². The number of rotatable bonds is 6. The van der Waals surface area contributed by atoms with Gasteiger partial charge in [-0.3, -0.25) is 4.99 Å². The Bertz CT molecular complexity index is 419. The highest BCUT2D eigenvalue weighted by Crippen LogP contribution is 2.09. The summed E-state index contributed by atoms with van der Waals surface area (Å²) in [5, 5.41) is 6.20. The van der Waals surface area contributed by atoms with Crippen molar-refractivity contribution in [2.45, 2.75) is 26.7 Å². The third-order valence-electron chi connectivity index (χ3n) is 2.53. The molecule has 0 atom stereocenters. The van der Waals surface area contributed by atoms with Gasteiger partial charge in [-0.1, -0.05) is 6.92 Å². The Balaban J connectivity index is 2.49. The number of nitrogens with one attached hydrogen (secondary N) is 2. The Morgan fingerprint density at radius 2 is 2.00 bits per heavy atom. The van der Waals surface area contributed by atoms with Gasteiger partial charge in [-0.25, -0.2) is 8.78 Å². The number of hydrogen-bond acceptors (Lipinski definition) is 1. The van der Waals surface area contributed by atoms with Gasteiger partial charge in [0, 0.05) is 19.6 Å². The van der Waals surface area contributed by atoms with Gasteiger partial charge in [-0.05, 0) is 43.5 Å². The van der Waals surface area contributed by atoms with E-state index in [4.69, 9.17) is 0 Å². The highest BCUT2D eigenvalue weighted by atomic mass is 19.1. The third kappa shape index (κ3) is 5.68. The van der Waals surface area contributed by atoms with Gasteiger partial charge in [0.15, 0.2) is 5.96 Å². The molecule has 1 aromatic carbocycles. The molecule has 0 saturated heterocycles. The maximum atomic E-state index is 13.4. The highest BCUT2D eigenvalue weighted by Gasteiger charge is 2.04. The Morgan fingerprint density at radius 1 is 1.21 bits per heavy atom. The fraction of sp³-hybridized carbons (Fsp3) is 0.500. The average Bonchev–Trinajstić information content (AvgIpc) is 2.40. The molecule has 0 aliphatic rings. The van der Waals surface area contributed by atoms with Crippen LogP contribution in [0.25, 0.3) is 0 Å². The molecule has 0 fully saturated rings. The molecule has 1 rings (SSSR count). The molecule has 0 heterocycles. The van der Waals surface area contributed by atoms with Gasteiger partial charge in [-0.15, -0.1) is 0 Å². The lowest BCUT2D eigenvalue weighted by Crippen LogP contribution is -2.38. The first-order valence-corrected chi connectivity index (χ1v) is 6.63. The summed E-state index contributed by atoms with van der Waals surface area (Å²) in [4.78, 5) is 4.33. The van der Waals surface area contributed by atoms with Gasteiger partial charge in [-0.2, -0.15) is 0 Å². The zero-order chi connectivity index (χ0) is 14.1. The molecule has 0 amide bonds. The van der Waals surface area contributed by atoms with Gasteiger partial charge in [0.25, 0.3) is 0 Å². The van der Waals surface area contributed by atoms with Gasteiger partial charge >= 0.3 is 0 Å². The van der Waals surface area contributed by atoms with E-state index in [1.807, 2.05) is 6.92 Å². The predicted molar refractivity (Wildman–Crippen MR) is 74.3 cm³/mol. The second-order valence-electron chi connectivity index (χ2n) is 4.17. The topological polar surface area (TPSA) is 36.4 Å². The van der Waals surface area contributed by atoms with E-state index < -0.39 is 5.82 Å². The lowest BCUT2D eigenvalue weighted by Gasteiger charge is -2.11. The number of hydrogen-bond donors (Lipinski definition) is 2. The quantitative estimate of drug-likeness (QED) is 0.615. The van der Waals surface area contributed by atoms with Crippen LogP contribution < -0.4 is 10.6 Å². The van der Waals surface area contributed by atoms with Gasteiger partial charge in [0.2, 0.25) is 0 Å². The van der Waals surface area contributed by atoms with Crippen molar-refractivity contribution in [1.29, 1.82) is 0 Å². The van der Waals surface area contributed by atoms with Crippen LogP contribution in [0.3, 0.4) is 0 Å². The van der Waals surface area contributed by atoms with Crippen molar-refractivity contribution >= 4 is 5.96 Å². The van der Waals surface area contributed by atoms with E-state index in [0.717, 1.165) is 31.6 Å².